The van der Waals surface area contributed by atoms with Gasteiger partial charge >= 0.3 is 0 Å². The molecule has 1 aliphatic heterocycles. The second-order valence-electron chi connectivity index (χ2n) is 10.6. The molecule has 1 saturated carbocycles. The second-order valence-corrected chi connectivity index (χ2v) is 10.6. The van der Waals surface area contributed by atoms with Crippen molar-refractivity contribution in [1.82, 2.24) is 25.0 Å². The van der Waals surface area contributed by atoms with Gasteiger partial charge in [-0.3, -0.25) is 14.8 Å². The van der Waals surface area contributed by atoms with Gasteiger partial charge in [-0.05, 0) is 58.4 Å². The average molecular weight is 457 g/mol. The van der Waals surface area contributed by atoms with E-state index in [4.69, 9.17) is 4.74 Å². The molecule has 2 aromatic heterocycles. The maximum atomic E-state index is 13.3. The third kappa shape index (κ3) is 5.66. The molecule has 0 unspecified atom stereocenters. The fourth-order valence-electron chi connectivity index (χ4n) is 5.34. The number of aromatic amines is 1. The third-order valence-electron chi connectivity index (χ3n) is 7.45. The number of pyridine rings is 1. The van der Waals surface area contributed by atoms with Gasteiger partial charge in [0.15, 0.2) is 5.65 Å². The Morgan fingerprint density at radius 2 is 1.91 bits per heavy atom. The van der Waals surface area contributed by atoms with Crippen molar-refractivity contribution in [3.05, 3.63) is 18.5 Å². The van der Waals surface area contributed by atoms with Crippen molar-refractivity contribution < 1.29 is 9.53 Å². The summed E-state index contributed by atoms with van der Waals surface area (Å²) >= 11 is 0. The molecule has 8 nitrogen and oxygen atoms in total. The molecular weight excluding hydrogens is 416 g/mol. The number of rotatable bonds is 7. The van der Waals surface area contributed by atoms with Gasteiger partial charge in [0, 0.05) is 64.0 Å². The summed E-state index contributed by atoms with van der Waals surface area (Å²) in [6, 6.07) is 2.05. The Morgan fingerprint density at radius 1 is 1.18 bits per heavy atom. The Bertz CT molecular complexity index is 907. The molecule has 1 N–H and O–H groups in total. The fraction of sp³-hybridized carbons (Fsp3) is 0.720. The summed E-state index contributed by atoms with van der Waals surface area (Å²) in [6.07, 6.45) is 7.99. The molecule has 0 aromatic carbocycles. The van der Waals surface area contributed by atoms with Gasteiger partial charge in [0.2, 0.25) is 5.91 Å². The maximum absolute atomic E-state index is 13.3. The Labute approximate surface area is 197 Å². The number of carbonyl (C=O) groups is 1. The zero-order valence-corrected chi connectivity index (χ0v) is 20.7. The lowest BCUT2D eigenvalue weighted by Crippen LogP contribution is -2.51. The van der Waals surface area contributed by atoms with Gasteiger partial charge in [-0.2, -0.15) is 5.10 Å². The number of ether oxygens (including phenoxy) is 1. The first-order valence-electron chi connectivity index (χ1n) is 12.4. The number of fused-ring (bicyclic) bond motifs is 1. The summed E-state index contributed by atoms with van der Waals surface area (Å²) < 4.78 is 5.32. The average Bonchev–Trinajstić information content (AvgIpc) is 3.30. The van der Waals surface area contributed by atoms with Crippen LogP contribution in [-0.4, -0.2) is 89.4 Å². The van der Waals surface area contributed by atoms with E-state index in [2.05, 4.69) is 50.7 Å². The second kappa shape index (κ2) is 10.4. The standard InChI is InChI=1S/C25H40N6O2/c1-25(2,3)31(15-16-33-4)18-19-5-7-20(8-6-19)24(32)30-13-11-29(12-14-30)22-9-10-26-23-21(22)17-27-28-23/h9-10,17,19-20H,5-8,11-16,18H2,1-4H3,(H,26,27,28). The summed E-state index contributed by atoms with van der Waals surface area (Å²) in [6.45, 7) is 12.9. The molecule has 1 aliphatic carbocycles. The molecule has 2 aromatic rings. The van der Waals surface area contributed by atoms with E-state index < -0.39 is 0 Å². The molecule has 8 heteroatoms. The van der Waals surface area contributed by atoms with E-state index in [1.807, 2.05) is 18.5 Å². The van der Waals surface area contributed by atoms with Crippen LogP contribution in [0.3, 0.4) is 0 Å². The first-order chi connectivity index (χ1) is 15.9. The highest BCUT2D eigenvalue weighted by atomic mass is 16.5. The number of aromatic nitrogens is 3. The SMILES string of the molecule is COCCN(CC1CCC(C(=O)N2CCN(c3ccnc4[nH]ncc34)CC2)CC1)C(C)(C)C. The molecule has 1 saturated heterocycles. The van der Waals surface area contributed by atoms with Crippen molar-refractivity contribution in [3.63, 3.8) is 0 Å². The topological polar surface area (TPSA) is 77.6 Å². The fourth-order valence-corrected chi connectivity index (χ4v) is 5.34. The zero-order valence-electron chi connectivity index (χ0n) is 20.7. The largest absolute Gasteiger partial charge is 0.383 e. The van der Waals surface area contributed by atoms with Gasteiger partial charge in [-0.1, -0.05) is 0 Å². The van der Waals surface area contributed by atoms with Gasteiger partial charge in [0.05, 0.1) is 23.9 Å². The highest BCUT2D eigenvalue weighted by Crippen LogP contribution is 2.32. The Morgan fingerprint density at radius 3 is 2.58 bits per heavy atom. The van der Waals surface area contributed by atoms with Gasteiger partial charge in [0.1, 0.15) is 0 Å². The monoisotopic (exact) mass is 456 g/mol. The van der Waals surface area contributed by atoms with Crippen LogP contribution in [0.4, 0.5) is 5.69 Å². The number of methoxy groups -OCH3 is 1. The lowest BCUT2D eigenvalue weighted by atomic mass is 9.80. The smallest absolute Gasteiger partial charge is 0.225 e. The molecule has 1 amide bonds. The van der Waals surface area contributed by atoms with E-state index in [9.17, 15) is 4.79 Å². The number of amides is 1. The quantitative estimate of drug-likeness (QED) is 0.690. The van der Waals surface area contributed by atoms with Crippen LogP contribution >= 0.6 is 0 Å². The third-order valence-corrected chi connectivity index (χ3v) is 7.45. The first kappa shape index (κ1) is 24.0. The van der Waals surface area contributed by atoms with Crippen LogP contribution in [0.1, 0.15) is 46.5 Å². The Hall–Kier alpha value is -2.19. The highest BCUT2D eigenvalue weighted by Gasteiger charge is 2.33. The molecule has 0 atom stereocenters. The van der Waals surface area contributed by atoms with Crippen LogP contribution in [0.25, 0.3) is 11.0 Å². The van der Waals surface area contributed by atoms with E-state index in [1.165, 1.54) is 0 Å². The number of hydrogen-bond acceptors (Lipinski definition) is 6. The number of anilines is 1. The number of nitrogens with one attached hydrogen (secondary N) is 1. The lowest BCUT2D eigenvalue weighted by Gasteiger charge is -2.41. The molecule has 0 spiro atoms. The maximum Gasteiger partial charge on any atom is 0.225 e. The molecule has 2 aliphatic rings. The van der Waals surface area contributed by atoms with E-state index in [0.29, 0.717) is 11.8 Å². The first-order valence-corrected chi connectivity index (χ1v) is 12.4. The van der Waals surface area contributed by atoms with E-state index in [0.717, 1.165) is 88.3 Å². The van der Waals surface area contributed by atoms with Crippen LogP contribution in [0, 0.1) is 11.8 Å². The predicted molar refractivity (Wildman–Crippen MR) is 131 cm³/mol. The van der Waals surface area contributed by atoms with Gasteiger partial charge < -0.3 is 14.5 Å². The molecule has 0 radical (unpaired) electrons. The van der Waals surface area contributed by atoms with Crippen molar-refractivity contribution >= 4 is 22.6 Å². The van der Waals surface area contributed by atoms with Crippen LogP contribution < -0.4 is 4.90 Å². The minimum Gasteiger partial charge on any atom is -0.383 e. The van der Waals surface area contributed by atoms with Gasteiger partial charge in [0.25, 0.3) is 0 Å². The van der Waals surface area contributed by atoms with Crippen LogP contribution in [-0.2, 0) is 9.53 Å². The number of hydrogen-bond donors (Lipinski definition) is 1. The summed E-state index contributed by atoms with van der Waals surface area (Å²) in [4.78, 5) is 24.6. The van der Waals surface area contributed by atoms with Crippen LogP contribution in [0.5, 0.6) is 0 Å². The van der Waals surface area contributed by atoms with E-state index in [1.54, 1.807) is 7.11 Å². The summed E-state index contributed by atoms with van der Waals surface area (Å²) in [5, 5.41) is 8.11. The molecule has 3 heterocycles. The van der Waals surface area contributed by atoms with Crippen LogP contribution in [0.2, 0.25) is 0 Å². The Balaban J connectivity index is 1.26. The molecule has 182 valence electrons. The summed E-state index contributed by atoms with van der Waals surface area (Å²) in [5.41, 5.74) is 2.11. The summed E-state index contributed by atoms with van der Waals surface area (Å²) in [7, 11) is 1.77. The molecule has 2 fully saturated rings. The summed E-state index contributed by atoms with van der Waals surface area (Å²) in [5.74, 6) is 1.23. The zero-order chi connectivity index (χ0) is 23.4. The van der Waals surface area contributed by atoms with E-state index in [-0.39, 0.29) is 11.5 Å². The number of carbonyl (C=O) groups excluding carboxylic acids is 1. The van der Waals surface area contributed by atoms with Crippen molar-refractivity contribution in [2.45, 2.75) is 52.0 Å². The predicted octanol–water partition coefficient (Wildman–Crippen LogP) is 3.16. The molecule has 0 bridgehead atoms. The number of nitrogens with zero attached hydrogens (tertiary/aromatic N) is 5. The van der Waals surface area contributed by atoms with Crippen molar-refractivity contribution in [2.75, 3.05) is 57.9 Å². The lowest BCUT2D eigenvalue weighted by molar-refractivity contribution is -0.137. The number of H-pyrrole nitrogens is 1. The highest BCUT2D eigenvalue weighted by molar-refractivity contribution is 5.89. The minimum absolute atomic E-state index is 0.141. The van der Waals surface area contributed by atoms with Gasteiger partial charge in [-0.25, -0.2) is 4.98 Å². The number of piperazine rings is 1. The van der Waals surface area contributed by atoms with Gasteiger partial charge in [-0.15, -0.1) is 0 Å². The van der Waals surface area contributed by atoms with Crippen molar-refractivity contribution in [2.24, 2.45) is 11.8 Å². The minimum atomic E-state index is 0.141. The van der Waals surface area contributed by atoms with Crippen molar-refractivity contribution in [3.8, 4) is 0 Å². The molecular formula is C25H40N6O2. The molecule has 4 rings (SSSR count). The van der Waals surface area contributed by atoms with Crippen LogP contribution in [0.15, 0.2) is 18.5 Å². The Kier molecular flexibility index (Phi) is 7.54. The van der Waals surface area contributed by atoms with E-state index >= 15 is 0 Å². The normalized spacial score (nSPS) is 22.3. The molecule has 33 heavy (non-hydrogen) atoms. The van der Waals surface area contributed by atoms with Crippen molar-refractivity contribution in [1.29, 1.82) is 0 Å².